The van der Waals surface area contributed by atoms with Crippen molar-refractivity contribution in [2.75, 3.05) is 13.2 Å². The number of likely N-dealkylation sites (tertiary alicyclic amines) is 1. The maximum absolute atomic E-state index is 12.1. The van der Waals surface area contributed by atoms with E-state index in [4.69, 9.17) is 4.74 Å². The molecule has 0 N–H and O–H groups in total. The summed E-state index contributed by atoms with van der Waals surface area (Å²) in [7, 11) is 1.77. The maximum Gasteiger partial charge on any atom is 0.341 e. The molecule has 1 aliphatic heterocycles. The van der Waals surface area contributed by atoms with Crippen LogP contribution in [-0.2, 0) is 23.1 Å². The number of amides is 1. The van der Waals surface area contributed by atoms with Crippen molar-refractivity contribution in [3.8, 4) is 0 Å². The van der Waals surface area contributed by atoms with Gasteiger partial charge in [-0.2, -0.15) is 5.10 Å². The number of esters is 1. The van der Waals surface area contributed by atoms with Crippen LogP contribution in [0, 0.1) is 5.92 Å². The number of carbonyl (C=O) groups excluding carboxylic acids is 2. The van der Waals surface area contributed by atoms with E-state index >= 15 is 0 Å². The minimum absolute atomic E-state index is 0.0584. The molecule has 0 spiro atoms. The average Bonchev–Trinajstić information content (AvgIpc) is 2.77. The van der Waals surface area contributed by atoms with Crippen molar-refractivity contribution in [3.63, 3.8) is 0 Å². The van der Waals surface area contributed by atoms with Crippen LogP contribution in [0.4, 0.5) is 0 Å². The number of hydrogen-bond acceptors (Lipinski definition) is 4. The summed E-state index contributed by atoms with van der Waals surface area (Å²) >= 11 is 0. The Morgan fingerprint density at radius 2 is 2.30 bits per heavy atom. The van der Waals surface area contributed by atoms with Gasteiger partial charge in [0.2, 0.25) is 5.91 Å². The molecule has 0 aromatic carbocycles. The molecule has 1 atom stereocenters. The molecular formula is C14H21N3O3. The number of hydrogen-bond donors (Lipinski definition) is 0. The molecule has 1 aliphatic rings. The summed E-state index contributed by atoms with van der Waals surface area (Å²) < 4.78 is 6.66. The van der Waals surface area contributed by atoms with E-state index < -0.39 is 0 Å². The van der Waals surface area contributed by atoms with Crippen LogP contribution in [0.2, 0.25) is 0 Å². The molecule has 20 heavy (non-hydrogen) atoms. The molecule has 2 heterocycles. The number of rotatable bonds is 4. The minimum atomic E-state index is -0.381. The Morgan fingerprint density at radius 1 is 1.55 bits per heavy atom. The first-order valence-electron chi connectivity index (χ1n) is 7.01. The van der Waals surface area contributed by atoms with Gasteiger partial charge in [0.1, 0.15) is 5.56 Å². The van der Waals surface area contributed by atoms with E-state index in [1.807, 2.05) is 6.92 Å². The lowest BCUT2D eigenvalue weighted by Gasteiger charge is -2.30. The number of piperidine rings is 1. The van der Waals surface area contributed by atoms with E-state index in [9.17, 15) is 9.59 Å². The predicted molar refractivity (Wildman–Crippen MR) is 73.0 cm³/mol. The van der Waals surface area contributed by atoms with Crippen LogP contribution in [0.1, 0.15) is 42.7 Å². The highest BCUT2D eigenvalue weighted by molar-refractivity contribution is 5.90. The lowest BCUT2D eigenvalue weighted by Crippen LogP contribution is -2.40. The molecule has 1 unspecified atom stereocenters. The summed E-state index contributed by atoms with van der Waals surface area (Å²) in [5, 5.41) is 4.11. The summed E-state index contributed by atoms with van der Waals surface area (Å²) in [6.07, 6.45) is 3.44. The molecule has 1 aromatic rings. The van der Waals surface area contributed by atoms with Gasteiger partial charge in [0, 0.05) is 19.5 Å². The molecule has 110 valence electrons. The smallest absolute Gasteiger partial charge is 0.341 e. The van der Waals surface area contributed by atoms with E-state index in [1.54, 1.807) is 23.6 Å². The lowest BCUT2D eigenvalue weighted by atomic mass is 9.99. The molecule has 2 rings (SSSR count). The number of aryl methyl sites for hydroxylation is 1. The topological polar surface area (TPSA) is 64.4 Å². The quantitative estimate of drug-likeness (QED) is 0.781. The van der Waals surface area contributed by atoms with Gasteiger partial charge in [0.15, 0.2) is 0 Å². The monoisotopic (exact) mass is 279 g/mol. The first-order chi connectivity index (χ1) is 9.54. The van der Waals surface area contributed by atoms with Crippen molar-refractivity contribution in [1.82, 2.24) is 14.7 Å². The molecule has 6 nitrogen and oxygen atoms in total. The third-order valence-electron chi connectivity index (χ3n) is 3.70. The predicted octanol–water partition coefficient (Wildman–Crippen LogP) is 1.36. The van der Waals surface area contributed by atoms with Crippen molar-refractivity contribution < 1.29 is 14.3 Å². The van der Waals surface area contributed by atoms with E-state index in [0.717, 1.165) is 25.1 Å². The van der Waals surface area contributed by atoms with Gasteiger partial charge in [-0.3, -0.25) is 9.48 Å². The standard InChI is InChI=1S/C14H21N3O3/c1-4-20-14(19)11-8-15-16(3)12(11)9-17-7-5-6-10(2)13(17)18/h8,10H,4-7,9H2,1-3H3. The average molecular weight is 279 g/mol. The first kappa shape index (κ1) is 14.6. The SMILES string of the molecule is CCOC(=O)c1cnn(C)c1CN1CCCC(C)C1=O. The Balaban J connectivity index is 2.18. The van der Waals surface area contributed by atoms with Crippen molar-refractivity contribution in [2.24, 2.45) is 13.0 Å². The number of nitrogens with zero attached hydrogens (tertiary/aromatic N) is 3. The fraction of sp³-hybridized carbons (Fsp3) is 0.643. The minimum Gasteiger partial charge on any atom is -0.462 e. The molecule has 1 aromatic heterocycles. The Labute approximate surface area is 118 Å². The zero-order valence-corrected chi connectivity index (χ0v) is 12.3. The zero-order valence-electron chi connectivity index (χ0n) is 12.3. The second kappa shape index (κ2) is 6.07. The molecule has 1 saturated heterocycles. The van der Waals surface area contributed by atoms with Crippen LogP contribution >= 0.6 is 0 Å². The van der Waals surface area contributed by atoms with Gasteiger partial charge < -0.3 is 9.64 Å². The van der Waals surface area contributed by atoms with Crippen LogP contribution in [0.5, 0.6) is 0 Å². The largest absolute Gasteiger partial charge is 0.462 e. The van der Waals surface area contributed by atoms with E-state index in [-0.39, 0.29) is 17.8 Å². The summed E-state index contributed by atoms with van der Waals surface area (Å²) in [4.78, 5) is 25.8. The second-order valence-corrected chi connectivity index (χ2v) is 5.15. The van der Waals surface area contributed by atoms with Crippen LogP contribution in [0.25, 0.3) is 0 Å². The van der Waals surface area contributed by atoms with Crippen molar-refractivity contribution in [3.05, 3.63) is 17.5 Å². The van der Waals surface area contributed by atoms with Gasteiger partial charge in [0.05, 0.1) is 25.0 Å². The second-order valence-electron chi connectivity index (χ2n) is 5.15. The van der Waals surface area contributed by atoms with Crippen LogP contribution in [-0.4, -0.2) is 39.7 Å². The zero-order chi connectivity index (χ0) is 14.7. The van der Waals surface area contributed by atoms with Crippen molar-refractivity contribution >= 4 is 11.9 Å². The Morgan fingerprint density at radius 3 is 3.00 bits per heavy atom. The molecule has 0 bridgehead atoms. The number of aromatic nitrogens is 2. The highest BCUT2D eigenvalue weighted by Gasteiger charge is 2.27. The molecule has 0 saturated carbocycles. The van der Waals surface area contributed by atoms with Crippen molar-refractivity contribution in [1.29, 1.82) is 0 Å². The van der Waals surface area contributed by atoms with E-state index in [1.165, 1.54) is 6.20 Å². The summed E-state index contributed by atoms with van der Waals surface area (Å²) in [5.74, 6) is -0.177. The summed E-state index contributed by atoms with van der Waals surface area (Å²) in [5.41, 5.74) is 1.17. The van der Waals surface area contributed by atoms with Gasteiger partial charge in [-0.05, 0) is 19.8 Å². The van der Waals surface area contributed by atoms with Crippen LogP contribution in [0.15, 0.2) is 6.20 Å². The molecule has 0 aliphatic carbocycles. The molecule has 1 fully saturated rings. The number of ether oxygens (including phenoxy) is 1. The summed E-state index contributed by atoms with van der Waals surface area (Å²) in [6.45, 7) is 5.19. The fourth-order valence-electron chi connectivity index (χ4n) is 2.50. The summed E-state index contributed by atoms with van der Waals surface area (Å²) in [6, 6.07) is 0. The molecule has 6 heteroatoms. The maximum atomic E-state index is 12.1. The third-order valence-corrected chi connectivity index (χ3v) is 3.70. The number of carbonyl (C=O) groups is 2. The fourth-order valence-corrected chi connectivity index (χ4v) is 2.50. The highest BCUT2D eigenvalue weighted by atomic mass is 16.5. The normalized spacial score (nSPS) is 19.2. The first-order valence-corrected chi connectivity index (χ1v) is 7.01. The molecular weight excluding hydrogens is 258 g/mol. The van der Waals surface area contributed by atoms with Crippen molar-refractivity contribution in [2.45, 2.75) is 33.2 Å². The van der Waals surface area contributed by atoms with E-state index in [0.29, 0.717) is 18.7 Å². The van der Waals surface area contributed by atoms with Gasteiger partial charge in [-0.15, -0.1) is 0 Å². The highest BCUT2D eigenvalue weighted by Crippen LogP contribution is 2.21. The van der Waals surface area contributed by atoms with Gasteiger partial charge in [-0.25, -0.2) is 4.79 Å². The van der Waals surface area contributed by atoms with Crippen LogP contribution < -0.4 is 0 Å². The Bertz CT molecular complexity index is 510. The van der Waals surface area contributed by atoms with Gasteiger partial charge >= 0.3 is 5.97 Å². The lowest BCUT2D eigenvalue weighted by molar-refractivity contribution is -0.138. The third kappa shape index (κ3) is 2.84. The van der Waals surface area contributed by atoms with Gasteiger partial charge in [-0.1, -0.05) is 6.92 Å². The van der Waals surface area contributed by atoms with E-state index in [2.05, 4.69) is 5.10 Å². The Kier molecular flexibility index (Phi) is 4.42. The van der Waals surface area contributed by atoms with Gasteiger partial charge in [0.25, 0.3) is 0 Å². The van der Waals surface area contributed by atoms with Crippen LogP contribution in [0.3, 0.4) is 0 Å². The molecule has 1 amide bonds. The Hall–Kier alpha value is -1.85. The molecule has 0 radical (unpaired) electrons.